The zero-order valence-corrected chi connectivity index (χ0v) is 7.11. The molecule has 2 bridgehead atoms. The monoisotopic (exact) mass is 193 g/mol. The molecule has 0 radical (unpaired) electrons. The average Bonchev–Trinajstić information content (AvgIpc) is 1.79. The van der Waals surface area contributed by atoms with Crippen LogP contribution in [0.2, 0.25) is 0 Å². The average molecular weight is 193 g/mol. The first kappa shape index (κ1) is 8.84. The highest BCUT2D eigenvalue weighted by Gasteiger charge is 2.85. The molecule has 0 saturated heterocycles. The smallest absolute Gasteiger partial charge is 0.369 e. The van der Waals surface area contributed by atoms with Gasteiger partial charge < -0.3 is 5.73 Å². The fourth-order valence-electron chi connectivity index (χ4n) is 2.79. The number of halogens is 3. The van der Waals surface area contributed by atoms with Crippen LogP contribution in [0.3, 0.4) is 0 Å². The molecule has 1 atom stereocenters. The zero-order chi connectivity index (χ0) is 10.1. The minimum absolute atomic E-state index is 0.0972. The first-order valence-electron chi connectivity index (χ1n) is 4.13. The van der Waals surface area contributed by atoms with Crippen LogP contribution in [-0.2, 0) is 4.79 Å². The SMILES string of the molecule is CC1C2(C(N)=O)CC1(C(F)(F)F)C2. The standard InChI is InChI=1S/C8H10F3NO/c1-4-6(5(12)13)2-7(4,3-6)8(9,10)11/h4H,2-3H2,1H3,(H2,12,13). The molecule has 0 aromatic heterocycles. The second-order valence-corrected chi connectivity index (χ2v) is 4.25. The van der Waals surface area contributed by atoms with Crippen molar-refractivity contribution in [2.75, 3.05) is 0 Å². The van der Waals surface area contributed by atoms with Gasteiger partial charge in [0.15, 0.2) is 0 Å². The van der Waals surface area contributed by atoms with Crippen molar-refractivity contribution in [3.05, 3.63) is 0 Å². The summed E-state index contributed by atoms with van der Waals surface area (Å²) in [6.07, 6.45) is -4.37. The Morgan fingerprint density at radius 2 is 1.92 bits per heavy atom. The summed E-state index contributed by atoms with van der Waals surface area (Å²) < 4.78 is 37.4. The van der Waals surface area contributed by atoms with Crippen molar-refractivity contribution in [1.82, 2.24) is 0 Å². The molecule has 13 heavy (non-hydrogen) atoms. The van der Waals surface area contributed by atoms with E-state index in [0.717, 1.165) is 0 Å². The van der Waals surface area contributed by atoms with Gasteiger partial charge in [-0.25, -0.2) is 0 Å². The second kappa shape index (κ2) is 1.86. The predicted octanol–water partition coefficient (Wildman–Crippen LogP) is 1.45. The fourth-order valence-corrected chi connectivity index (χ4v) is 2.79. The van der Waals surface area contributed by atoms with Crippen LogP contribution >= 0.6 is 0 Å². The van der Waals surface area contributed by atoms with Crippen LogP contribution in [0.25, 0.3) is 0 Å². The lowest BCUT2D eigenvalue weighted by atomic mass is 9.29. The number of hydrogen-bond donors (Lipinski definition) is 1. The summed E-state index contributed by atoms with van der Waals surface area (Å²) in [5.41, 5.74) is 2.62. The highest BCUT2D eigenvalue weighted by molar-refractivity contribution is 5.85. The van der Waals surface area contributed by atoms with Crippen molar-refractivity contribution in [2.24, 2.45) is 22.5 Å². The number of amides is 1. The Labute approximate surface area is 73.3 Å². The minimum atomic E-state index is -4.18. The van der Waals surface area contributed by atoms with Crippen molar-refractivity contribution < 1.29 is 18.0 Å². The number of carbonyl (C=O) groups is 1. The largest absolute Gasteiger partial charge is 0.394 e. The molecule has 2 N–H and O–H groups in total. The topological polar surface area (TPSA) is 43.1 Å². The van der Waals surface area contributed by atoms with Crippen LogP contribution < -0.4 is 5.73 Å². The number of rotatable bonds is 1. The third-order valence-corrected chi connectivity index (χ3v) is 3.97. The molecule has 0 aromatic rings. The van der Waals surface area contributed by atoms with E-state index in [-0.39, 0.29) is 12.8 Å². The maximum absolute atomic E-state index is 12.5. The van der Waals surface area contributed by atoms with Gasteiger partial charge in [-0.3, -0.25) is 4.79 Å². The van der Waals surface area contributed by atoms with Crippen LogP contribution in [0.15, 0.2) is 0 Å². The predicted molar refractivity (Wildman–Crippen MR) is 38.5 cm³/mol. The highest BCUT2D eigenvalue weighted by Crippen LogP contribution is 2.81. The van der Waals surface area contributed by atoms with Crippen molar-refractivity contribution >= 4 is 5.91 Å². The van der Waals surface area contributed by atoms with Crippen LogP contribution in [0.1, 0.15) is 19.8 Å². The van der Waals surface area contributed by atoms with Crippen LogP contribution in [0.5, 0.6) is 0 Å². The molecule has 3 rings (SSSR count). The van der Waals surface area contributed by atoms with Crippen molar-refractivity contribution in [2.45, 2.75) is 25.9 Å². The first-order chi connectivity index (χ1) is 5.76. The Bertz CT molecular complexity index is 278. The summed E-state index contributed by atoms with van der Waals surface area (Å²) in [6.45, 7) is 1.46. The van der Waals surface area contributed by atoms with E-state index in [1.165, 1.54) is 6.92 Å². The third kappa shape index (κ3) is 0.660. The van der Waals surface area contributed by atoms with E-state index < -0.39 is 28.8 Å². The third-order valence-electron chi connectivity index (χ3n) is 3.97. The molecule has 3 aliphatic carbocycles. The summed E-state index contributed by atoms with van der Waals surface area (Å²) in [4.78, 5) is 10.9. The lowest BCUT2D eigenvalue weighted by molar-refractivity contribution is -0.386. The molecule has 0 spiro atoms. The van der Waals surface area contributed by atoms with Crippen LogP contribution in [0.4, 0.5) is 13.2 Å². The summed E-state index contributed by atoms with van der Waals surface area (Å²) in [7, 11) is 0. The molecule has 0 aromatic carbocycles. The van der Waals surface area contributed by atoms with Gasteiger partial charge >= 0.3 is 6.18 Å². The van der Waals surface area contributed by atoms with E-state index in [2.05, 4.69) is 0 Å². The lowest BCUT2D eigenvalue weighted by Crippen LogP contribution is -2.78. The Morgan fingerprint density at radius 1 is 1.46 bits per heavy atom. The molecule has 5 heteroatoms. The van der Waals surface area contributed by atoms with E-state index in [9.17, 15) is 18.0 Å². The van der Waals surface area contributed by atoms with Gasteiger partial charge in [-0.1, -0.05) is 6.92 Å². The normalized spacial score (nSPS) is 47.8. The maximum Gasteiger partial charge on any atom is 0.394 e. The van der Waals surface area contributed by atoms with E-state index in [0.29, 0.717) is 0 Å². The number of hydrogen-bond acceptors (Lipinski definition) is 1. The van der Waals surface area contributed by atoms with Gasteiger partial charge in [0.2, 0.25) is 5.91 Å². The maximum atomic E-state index is 12.5. The Hall–Kier alpha value is -0.740. The van der Waals surface area contributed by atoms with E-state index >= 15 is 0 Å². The molecule has 1 amide bonds. The molecule has 2 nitrogen and oxygen atoms in total. The molecule has 1 unspecified atom stereocenters. The Morgan fingerprint density at radius 3 is 2.15 bits per heavy atom. The molecule has 3 saturated carbocycles. The van der Waals surface area contributed by atoms with Gasteiger partial charge in [0.25, 0.3) is 0 Å². The number of carbonyl (C=O) groups excluding carboxylic acids is 1. The van der Waals surface area contributed by atoms with Gasteiger partial charge in [0.1, 0.15) is 0 Å². The first-order valence-corrected chi connectivity index (χ1v) is 4.13. The zero-order valence-electron chi connectivity index (χ0n) is 7.11. The molecule has 74 valence electrons. The number of primary amides is 1. The molecular weight excluding hydrogens is 183 g/mol. The van der Waals surface area contributed by atoms with Gasteiger partial charge in [-0.15, -0.1) is 0 Å². The summed E-state index contributed by atoms with van der Waals surface area (Å²) in [5, 5.41) is 0. The van der Waals surface area contributed by atoms with Crippen LogP contribution in [-0.4, -0.2) is 12.1 Å². The van der Waals surface area contributed by atoms with E-state index in [1.807, 2.05) is 0 Å². The van der Waals surface area contributed by atoms with Crippen LogP contribution in [0, 0.1) is 16.7 Å². The van der Waals surface area contributed by atoms with E-state index in [4.69, 9.17) is 5.73 Å². The van der Waals surface area contributed by atoms with E-state index in [1.54, 1.807) is 0 Å². The summed E-state index contributed by atoms with van der Waals surface area (Å²) >= 11 is 0. The number of alkyl halides is 3. The van der Waals surface area contributed by atoms with Gasteiger partial charge in [0.05, 0.1) is 10.8 Å². The molecule has 3 fully saturated rings. The minimum Gasteiger partial charge on any atom is -0.369 e. The quantitative estimate of drug-likeness (QED) is 0.672. The fraction of sp³-hybridized carbons (Fsp3) is 0.875. The second-order valence-electron chi connectivity index (χ2n) is 4.25. The summed E-state index contributed by atoms with van der Waals surface area (Å²) in [5.74, 6) is -1.20. The van der Waals surface area contributed by atoms with Crippen molar-refractivity contribution in [3.63, 3.8) is 0 Å². The molecule has 0 aliphatic heterocycles. The van der Waals surface area contributed by atoms with Crippen molar-refractivity contribution in [1.29, 1.82) is 0 Å². The van der Waals surface area contributed by atoms with Gasteiger partial charge in [-0.05, 0) is 18.8 Å². The molecule has 3 aliphatic rings. The Balaban J connectivity index is 2.21. The molecule has 0 heterocycles. The summed E-state index contributed by atoms with van der Waals surface area (Å²) in [6, 6.07) is 0. The lowest BCUT2D eigenvalue weighted by Gasteiger charge is -2.73. The van der Waals surface area contributed by atoms with Gasteiger partial charge in [-0.2, -0.15) is 13.2 Å². The van der Waals surface area contributed by atoms with Crippen molar-refractivity contribution in [3.8, 4) is 0 Å². The number of nitrogens with two attached hydrogens (primary N) is 1. The molecular formula is C8H10F3NO. The highest BCUT2D eigenvalue weighted by atomic mass is 19.4. The van der Waals surface area contributed by atoms with Gasteiger partial charge in [0, 0.05) is 0 Å². The Kier molecular flexibility index (Phi) is 1.26.